The topological polar surface area (TPSA) is 52.2 Å². The van der Waals surface area contributed by atoms with E-state index >= 15 is 0 Å². The van der Waals surface area contributed by atoms with Gasteiger partial charge in [-0.3, -0.25) is 18.7 Å². The fourth-order valence-corrected chi connectivity index (χ4v) is 2.82. The van der Waals surface area contributed by atoms with E-state index in [1.54, 1.807) is 17.1 Å². The van der Waals surface area contributed by atoms with Gasteiger partial charge in [-0.1, -0.05) is 18.2 Å². The van der Waals surface area contributed by atoms with Crippen LogP contribution in [0.5, 0.6) is 0 Å². The molecule has 1 aromatic carbocycles. The normalized spacial score (nSPS) is 11.3. The highest BCUT2D eigenvalue weighted by atomic mass is 16.1. The Balaban J connectivity index is 2.09. The number of rotatable bonds is 2. The highest BCUT2D eigenvalue weighted by Crippen LogP contribution is 2.16. The zero-order chi connectivity index (χ0) is 15.1. The number of aromatic nitrogens is 4. The second kappa shape index (κ2) is 4.80. The molecular formula is C17H14N4O. The molecule has 4 aromatic rings. The molecule has 0 bridgehead atoms. The summed E-state index contributed by atoms with van der Waals surface area (Å²) in [5.41, 5.74) is 4.02. The van der Waals surface area contributed by atoms with E-state index in [9.17, 15) is 4.79 Å². The van der Waals surface area contributed by atoms with Crippen molar-refractivity contribution in [2.24, 2.45) is 0 Å². The summed E-state index contributed by atoms with van der Waals surface area (Å²) in [5, 5.41) is 0. The van der Waals surface area contributed by atoms with E-state index < -0.39 is 0 Å². The SMILES string of the molecule is Cc1ncn2c1c(=O)n(Cc1ccccn1)c1ccccc12. The van der Waals surface area contributed by atoms with Gasteiger partial charge in [0.2, 0.25) is 0 Å². The fraction of sp³-hybridized carbons (Fsp3) is 0.118. The fourth-order valence-electron chi connectivity index (χ4n) is 2.82. The van der Waals surface area contributed by atoms with Crippen LogP contribution in [0.2, 0.25) is 0 Å². The Hall–Kier alpha value is -2.95. The highest BCUT2D eigenvalue weighted by Gasteiger charge is 2.13. The Morgan fingerprint density at radius 2 is 1.77 bits per heavy atom. The maximum absolute atomic E-state index is 12.9. The van der Waals surface area contributed by atoms with Gasteiger partial charge in [-0.2, -0.15) is 0 Å². The standard InChI is InChI=1S/C17H14N4O/c1-12-16-17(22)20(10-13-6-4-5-9-18-13)14-7-2-3-8-15(14)21(16)11-19-12/h2-9,11H,10H2,1H3. The predicted molar refractivity (Wildman–Crippen MR) is 85.0 cm³/mol. The Bertz CT molecular complexity index is 1030. The maximum Gasteiger partial charge on any atom is 0.277 e. The summed E-state index contributed by atoms with van der Waals surface area (Å²) in [7, 11) is 0. The molecule has 0 unspecified atom stereocenters. The molecule has 0 fully saturated rings. The number of aryl methyl sites for hydroxylation is 1. The molecule has 0 atom stereocenters. The molecule has 3 heterocycles. The van der Waals surface area contributed by atoms with Crippen LogP contribution in [-0.2, 0) is 6.54 Å². The quantitative estimate of drug-likeness (QED) is 0.569. The van der Waals surface area contributed by atoms with Crippen molar-refractivity contribution in [3.63, 3.8) is 0 Å². The molecule has 0 saturated heterocycles. The lowest BCUT2D eigenvalue weighted by atomic mass is 10.2. The first-order valence-electron chi connectivity index (χ1n) is 7.11. The van der Waals surface area contributed by atoms with Gasteiger partial charge in [0.15, 0.2) is 0 Å². The van der Waals surface area contributed by atoms with E-state index in [-0.39, 0.29) is 5.56 Å². The van der Waals surface area contributed by atoms with Crippen LogP contribution >= 0.6 is 0 Å². The third-order valence-electron chi connectivity index (χ3n) is 3.88. The molecule has 0 aliphatic rings. The molecule has 0 saturated carbocycles. The molecule has 5 nitrogen and oxygen atoms in total. The first-order valence-corrected chi connectivity index (χ1v) is 7.11. The number of para-hydroxylation sites is 2. The molecule has 0 aliphatic heterocycles. The first-order chi connectivity index (χ1) is 10.8. The molecule has 0 aliphatic carbocycles. The van der Waals surface area contributed by atoms with Gasteiger partial charge in [-0.05, 0) is 31.2 Å². The number of pyridine rings is 1. The predicted octanol–water partition coefficient (Wildman–Crippen LogP) is 2.40. The van der Waals surface area contributed by atoms with Gasteiger partial charge in [0, 0.05) is 6.20 Å². The Kier molecular flexibility index (Phi) is 2.79. The van der Waals surface area contributed by atoms with Gasteiger partial charge < -0.3 is 0 Å². The smallest absolute Gasteiger partial charge is 0.277 e. The van der Waals surface area contributed by atoms with E-state index in [1.807, 2.05) is 53.8 Å². The van der Waals surface area contributed by atoms with Crippen molar-refractivity contribution in [1.29, 1.82) is 0 Å². The molecule has 108 valence electrons. The molecule has 0 radical (unpaired) electrons. The molecule has 5 heteroatoms. The summed E-state index contributed by atoms with van der Waals surface area (Å²) in [6, 6.07) is 13.6. The molecule has 0 N–H and O–H groups in total. The van der Waals surface area contributed by atoms with Crippen LogP contribution < -0.4 is 5.56 Å². The third-order valence-corrected chi connectivity index (χ3v) is 3.88. The second-order valence-electron chi connectivity index (χ2n) is 5.25. The van der Waals surface area contributed by atoms with Crippen LogP contribution in [0, 0.1) is 6.92 Å². The van der Waals surface area contributed by atoms with E-state index in [0.29, 0.717) is 12.1 Å². The first kappa shape index (κ1) is 12.8. The summed E-state index contributed by atoms with van der Waals surface area (Å²) in [5.74, 6) is 0. The lowest BCUT2D eigenvalue weighted by Crippen LogP contribution is -2.24. The van der Waals surface area contributed by atoms with Crippen LogP contribution in [0.4, 0.5) is 0 Å². The van der Waals surface area contributed by atoms with Gasteiger partial charge in [-0.15, -0.1) is 0 Å². The maximum atomic E-state index is 12.9. The lowest BCUT2D eigenvalue weighted by Gasteiger charge is -2.12. The van der Waals surface area contributed by atoms with E-state index in [0.717, 1.165) is 22.4 Å². The summed E-state index contributed by atoms with van der Waals surface area (Å²) < 4.78 is 3.63. The summed E-state index contributed by atoms with van der Waals surface area (Å²) in [4.78, 5) is 21.5. The van der Waals surface area contributed by atoms with Crippen molar-refractivity contribution in [2.75, 3.05) is 0 Å². The van der Waals surface area contributed by atoms with Crippen LogP contribution in [0.25, 0.3) is 16.6 Å². The van der Waals surface area contributed by atoms with Crippen molar-refractivity contribution in [3.8, 4) is 0 Å². The highest BCUT2D eigenvalue weighted by molar-refractivity contribution is 5.79. The summed E-state index contributed by atoms with van der Waals surface area (Å²) in [6.45, 7) is 2.30. The Labute approximate surface area is 126 Å². The average molecular weight is 290 g/mol. The molecular weight excluding hydrogens is 276 g/mol. The molecule has 0 spiro atoms. The van der Waals surface area contributed by atoms with Crippen molar-refractivity contribution in [2.45, 2.75) is 13.5 Å². The second-order valence-corrected chi connectivity index (χ2v) is 5.25. The zero-order valence-electron chi connectivity index (χ0n) is 12.1. The summed E-state index contributed by atoms with van der Waals surface area (Å²) in [6.07, 6.45) is 3.45. The van der Waals surface area contributed by atoms with E-state index in [1.165, 1.54) is 0 Å². The number of fused-ring (bicyclic) bond motifs is 3. The van der Waals surface area contributed by atoms with Gasteiger partial charge in [0.1, 0.15) is 11.8 Å². The Morgan fingerprint density at radius 3 is 2.55 bits per heavy atom. The molecule has 4 rings (SSSR count). The monoisotopic (exact) mass is 290 g/mol. The number of nitrogens with zero attached hydrogens (tertiary/aromatic N) is 4. The molecule has 22 heavy (non-hydrogen) atoms. The minimum Gasteiger partial charge on any atom is -0.299 e. The lowest BCUT2D eigenvalue weighted by molar-refractivity contribution is 0.770. The van der Waals surface area contributed by atoms with E-state index in [2.05, 4.69) is 9.97 Å². The van der Waals surface area contributed by atoms with Crippen LogP contribution in [-0.4, -0.2) is 18.9 Å². The van der Waals surface area contributed by atoms with Crippen molar-refractivity contribution >= 4 is 16.6 Å². The number of hydrogen-bond acceptors (Lipinski definition) is 3. The average Bonchev–Trinajstić information content (AvgIpc) is 2.95. The minimum absolute atomic E-state index is 0.0423. The van der Waals surface area contributed by atoms with Gasteiger partial charge in [0.25, 0.3) is 5.56 Å². The van der Waals surface area contributed by atoms with Gasteiger partial charge in [0.05, 0.1) is 29.0 Å². The number of benzene rings is 1. The van der Waals surface area contributed by atoms with Crippen molar-refractivity contribution in [1.82, 2.24) is 18.9 Å². The molecule has 3 aromatic heterocycles. The Morgan fingerprint density at radius 1 is 1.00 bits per heavy atom. The van der Waals surface area contributed by atoms with Crippen molar-refractivity contribution in [3.05, 3.63) is 76.7 Å². The van der Waals surface area contributed by atoms with Gasteiger partial charge in [-0.25, -0.2) is 4.98 Å². The largest absolute Gasteiger partial charge is 0.299 e. The number of hydrogen-bond donors (Lipinski definition) is 0. The zero-order valence-corrected chi connectivity index (χ0v) is 12.1. The van der Waals surface area contributed by atoms with Gasteiger partial charge >= 0.3 is 0 Å². The van der Waals surface area contributed by atoms with Crippen molar-refractivity contribution < 1.29 is 0 Å². The minimum atomic E-state index is -0.0423. The summed E-state index contributed by atoms with van der Waals surface area (Å²) >= 11 is 0. The van der Waals surface area contributed by atoms with E-state index in [4.69, 9.17) is 0 Å². The van der Waals surface area contributed by atoms with Crippen LogP contribution in [0.3, 0.4) is 0 Å². The third kappa shape index (κ3) is 1.83. The van der Waals surface area contributed by atoms with Crippen LogP contribution in [0.15, 0.2) is 59.8 Å². The van der Waals surface area contributed by atoms with Crippen LogP contribution in [0.1, 0.15) is 11.4 Å². The molecule has 0 amide bonds. The number of imidazole rings is 1.